The van der Waals surface area contributed by atoms with Crippen molar-refractivity contribution in [1.82, 2.24) is 24.1 Å². The zero-order valence-corrected chi connectivity index (χ0v) is 15.6. The highest BCUT2D eigenvalue weighted by Gasteiger charge is 2.26. The smallest absolute Gasteiger partial charge is 0.211 e. The second-order valence-corrected chi connectivity index (χ2v) is 8.70. The van der Waals surface area contributed by atoms with Crippen LogP contribution in [0.2, 0.25) is 0 Å². The Labute approximate surface area is 149 Å². The Kier molecular flexibility index (Phi) is 5.48. The molecule has 1 saturated heterocycles. The molecule has 0 spiro atoms. The fourth-order valence-electron chi connectivity index (χ4n) is 3.25. The van der Waals surface area contributed by atoms with E-state index in [0.717, 1.165) is 49.2 Å². The van der Waals surface area contributed by atoms with E-state index in [1.807, 2.05) is 17.1 Å². The molecule has 1 fully saturated rings. The monoisotopic (exact) mass is 363 g/mol. The summed E-state index contributed by atoms with van der Waals surface area (Å²) < 4.78 is 26.9. The molecule has 0 saturated carbocycles. The van der Waals surface area contributed by atoms with E-state index in [-0.39, 0.29) is 0 Å². The van der Waals surface area contributed by atoms with E-state index >= 15 is 0 Å². The summed E-state index contributed by atoms with van der Waals surface area (Å²) in [5.41, 5.74) is 2.69. The number of sulfonamides is 1. The van der Waals surface area contributed by atoms with Gasteiger partial charge in [-0.2, -0.15) is 5.10 Å². The first-order valence-corrected chi connectivity index (χ1v) is 10.6. The van der Waals surface area contributed by atoms with Crippen molar-refractivity contribution in [3.05, 3.63) is 30.5 Å². The molecule has 0 amide bonds. The molecule has 0 N–H and O–H groups in total. The fraction of sp³-hybridized carbons (Fsp3) is 0.588. The second kappa shape index (κ2) is 7.61. The summed E-state index contributed by atoms with van der Waals surface area (Å²) in [5.74, 6) is 0.302. The minimum Gasteiger partial charge on any atom is -0.272 e. The molecule has 0 aliphatic carbocycles. The number of hydrogen-bond acceptors (Lipinski definition) is 5. The van der Waals surface area contributed by atoms with Crippen LogP contribution in [0.5, 0.6) is 0 Å². The predicted octanol–water partition coefficient (Wildman–Crippen LogP) is 1.96. The Balaban J connectivity index is 1.64. The van der Waals surface area contributed by atoms with Crippen LogP contribution >= 0.6 is 0 Å². The summed E-state index contributed by atoms with van der Waals surface area (Å²) in [4.78, 5) is 9.03. The summed E-state index contributed by atoms with van der Waals surface area (Å²) in [6.07, 6.45) is 12.4. The molecule has 136 valence electrons. The van der Waals surface area contributed by atoms with Gasteiger partial charge in [0.2, 0.25) is 10.0 Å². The average molecular weight is 363 g/mol. The van der Waals surface area contributed by atoms with Crippen molar-refractivity contribution >= 4 is 10.0 Å². The molecule has 1 aliphatic heterocycles. The van der Waals surface area contributed by atoms with E-state index in [0.29, 0.717) is 19.0 Å². The molecule has 1 atom stereocenters. The van der Waals surface area contributed by atoms with Crippen LogP contribution < -0.4 is 0 Å². The van der Waals surface area contributed by atoms with Crippen molar-refractivity contribution in [1.29, 1.82) is 0 Å². The first kappa shape index (κ1) is 18.0. The van der Waals surface area contributed by atoms with Gasteiger partial charge in [0.1, 0.15) is 0 Å². The maximum Gasteiger partial charge on any atom is 0.211 e. The maximum atomic E-state index is 11.7. The standard InChI is InChI=1S/C17H25N5O2S/c1-3-6-21-13-15(9-20-21)17-11-18-16(10-19-17)8-14-5-4-7-22(12-14)25(2,23)24/h9-11,13-14H,3-8,12H2,1-2H3/t14-/m0/s1. The average Bonchev–Trinajstić information content (AvgIpc) is 3.04. The molecular formula is C17H25N5O2S. The van der Waals surface area contributed by atoms with Crippen molar-refractivity contribution in [3.63, 3.8) is 0 Å². The molecule has 25 heavy (non-hydrogen) atoms. The van der Waals surface area contributed by atoms with Crippen molar-refractivity contribution in [2.75, 3.05) is 19.3 Å². The van der Waals surface area contributed by atoms with Gasteiger partial charge in [0, 0.05) is 37.6 Å². The van der Waals surface area contributed by atoms with Crippen LogP contribution in [0, 0.1) is 5.92 Å². The van der Waals surface area contributed by atoms with Gasteiger partial charge in [-0.25, -0.2) is 12.7 Å². The third-order valence-corrected chi connectivity index (χ3v) is 5.81. The van der Waals surface area contributed by atoms with E-state index in [4.69, 9.17) is 0 Å². The van der Waals surface area contributed by atoms with Crippen LogP contribution in [0.3, 0.4) is 0 Å². The van der Waals surface area contributed by atoms with Crippen LogP contribution in [-0.4, -0.2) is 51.8 Å². The van der Waals surface area contributed by atoms with Crippen LogP contribution in [0.4, 0.5) is 0 Å². The third kappa shape index (κ3) is 4.64. The molecule has 0 unspecified atom stereocenters. The van der Waals surface area contributed by atoms with Crippen LogP contribution in [0.25, 0.3) is 11.3 Å². The fourth-order valence-corrected chi connectivity index (χ4v) is 4.19. The Hall–Kier alpha value is -1.80. The van der Waals surface area contributed by atoms with Gasteiger partial charge in [-0.1, -0.05) is 6.92 Å². The number of rotatable bonds is 6. The summed E-state index contributed by atoms with van der Waals surface area (Å²) in [6, 6.07) is 0. The Bertz CT molecular complexity index is 801. The molecule has 0 radical (unpaired) electrons. The molecular weight excluding hydrogens is 338 g/mol. The molecule has 8 heteroatoms. The third-order valence-electron chi connectivity index (χ3n) is 4.54. The van der Waals surface area contributed by atoms with Crippen molar-refractivity contribution in [2.45, 2.75) is 39.2 Å². The van der Waals surface area contributed by atoms with Crippen molar-refractivity contribution in [3.8, 4) is 11.3 Å². The number of hydrogen-bond donors (Lipinski definition) is 0. The quantitative estimate of drug-likeness (QED) is 0.784. The molecule has 0 aromatic carbocycles. The van der Waals surface area contributed by atoms with E-state index in [1.165, 1.54) is 6.26 Å². The molecule has 1 aliphatic rings. The first-order chi connectivity index (χ1) is 12.0. The predicted molar refractivity (Wildman–Crippen MR) is 96.4 cm³/mol. The minimum absolute atomic E-state index is 0.302. The molecule has 7 nitrogen and oxygen atoms in total. The highest BCUT2D eigenvalue weighted by molar-refractivity contribution is 7.88. The van der Waals surface area contributed by atoms with Gasteiger partial charge < -0.3 is 0 Å². The van der Waals surface area contributed by atoms with E-state index < -0.39 is 10.0 Å². The lowest BCUT2D eigenvalue weighted by Gasteiger charge is -2.30. The lowest BCUT2D eigenvalue weighted by atomic mass is 9.95. The minimum atomic E-state index is -3.11. The SMILES string of the molecule is CCCn1cc(-c2cnc(C[C@@H]3CCCN(S(C)(=O)=O)C3)cn2)cn1. The summed E-state index contributed by atoms with van der Waals surface area (Å²) in [6.45, 7) is 4.21. The maximum absolute atomic E-state index is 11.7. The molecule has 3 heterocycles. The lowest BCUT2D eigenvalue weighted by molar-refractivity contribution is 0.265. The van der Waals surface area contributed by atoms with E-state index in [9.17, 15) is 8.42 Å². The van der Waals surface area contributed by atoms with Gasteiger partial charge in [0.15, 0.2) is 0 Å². The van der Waals surface area contributed by atoms with E-state index in [2.05, 4.69) is 22.0 Å². The molecule has 2 aromatic rings. The summed E-state index contributed by atoms with van der Waals surface area (Å²) in [5, 5.41) is 4.32. The van der Waals surface area contributed by atoms with Crippen molar-refractivity contribution in [2.24, 2.45) is 5.92 Å². The number of piperidine rings is 1. The second-order valence-electron chi connectivity index (χ2n) is 6.72. The normalized spacial score (nSPS) is 19.2. The molecule has 3 rings (SSSR count). The number of nitrogens with zero attached hydrogens (tertiary/aromatic N) is 5. The number of aromatic nitrogens is 4. The van der Waals surface area contributed by atoms with E-state index in [1.54, 1.807) is 16.7 Å². The highest BCUT2D eigenvalue weighted by atomic mass is 32.2. The zero-order chi connectivity index (χ0) is 17.9. The van der Waals surface area contributed by atoms with Gasteiger partial charge in [-0.05, 0) is 31.6 Å². The largest absolute Gasteiger partial charge is 0.272 e. The topological polar surface area (TPSA) is 81.0 Å². The molecule has 0 bridgehead atoms. The summed E-state index contributed by atoms with van der Waals surface area (Å²) in [7, 11) is -3.11. The van der Waals surface area contributed by atoms with Gasteiger partial charge in [-0.15, -0.1) is 0 Å². The van der Waals surface area contributed by atoms with Gasteiger partial charge in [0.05, 0.1) is 30.0 Å². The van der Waals surface area contributed by atoms with Crippen LogP contribution in [-0.2, 0) is 23.0 Å². The van der Waals surface area contributed by atoms with Gasteiger partial charge in [0.25, 0.3) is 0 Å². The lowest BCUT2D eigenvalue weighted by Crippen LogP contribution is -2.39. The number of aryl methyl sites for hydroxylation is 1. The van der Waals surface area contributed by atoms with Crippen LogP contribution in [0.15, 0.2) is 24.8 Å². The van der Waals surface area contributed by atoms with Gasteiger partial charge >= 0.3 is 0 Å². The summed E-state index contributed by atoms with van der Waals surface area (Å²) >= 11 is 0. The zero-order valence-electron chi connectivity index (χ0n) is 14.8. The first-order valence-electron chi connectivity index (χ1n) is 8.74. The van der Waals surface area contributed by atoms with Crippen molar-refractivity contribution < 1.29 is 8.42 Å². The Morgan fingerprint density at radius 3 is 2.76 bits per heavy atom. The van der Waals surface area contributed by atoms with Gasteiger partial charge in [-0.3, -0.25) is 14.6 Å². The van der Waals surface area contributed by atoms with Crippen LogP contribution in [0.1, 0.15) is 31.9 Å². The Morgan fingerprint density at radius 2 is 2.08 bits per heavy atom. The highest BCUT2D eigenvalue weighted by Crippen LogP contribution is 2.22. The Morgan fingerprint density at radius 1 is 1.24 bits per heavy atom. The molecule has 2 aromatic heterocycles.